The standard InChI is InChI=1S/C40H27N3S/c1-2-9-26(10-3-1)27-17-19-28(20-18-27)35-23-24-41-40(42-35)43-36-15-6-4-11-31(36)34-25-29(21-22-37(34)43)30-13-8-14-33-32-12-5-7-16-38(32)44-39(30)33/h1-25,34,37H. The van der Waals surface area contributed by atoms with Gasteiger partial charge in [0.25, 0.3) is 0 Å². The smallest absolute Gasteiger partial charge is 0.231 e. The fraction of sp³-hybridized carbons (Fsp3) is 0.0500. The zero-order valence-electron chi connectivity index (χ0n) is 23.8. The maximum Gasteiger partial charge on any atom is 0.231 e. The second kappa shape index (κ2) is 10.1. The van der Waals surface area contributed by atoms with E-state index in [-0.39, 0.29) is 12.0 Å². The van der Waals surface area contributed by atoms with E-state index >= 15 is 0 Å². The number of para-hydroxylation sites is 1. The van der Waals surface area contributed by atoms with Crippen molar-refractivity contribution in [2.75, 3.05) is 4.90 Å². The summed E-state index contributed by atoms with van der Waals surface area (Å²) in [5, 5.41) is 2.66. The largest absolute Gasteiger partial charge is 0.302 e. The normalized spacial score (nSPS) is 17.1. The summed E-state index contributed by atoms with van der Waals surface area (Å²) in [6.45, 7) is 0. The summed E-state index contributed by atoms with van der Waals surface area (Å²) in [5.41, 5.74) is 9.45. The minimum Gasteiger partial charge on any atom is -0.302 e. The minimum absolute atomic E-state index is 0.105. The first kappa shape index (κ1) is 25.2. The molecule has 2 unspecified atom stereocenters. The molecule has 2 aliphatic rings. The summed E-state index contributed by atoms with van der Waals surface area (Å²) in [6.07, 6.45) is 8.98. The first-order valence-electron chi connectivity index (χ1n) is 15.0. The van der Waals surface area contributed by atoms with Crippen LogP contribution in [0.3, 0.4) is 0 Å². The van der Waals surface area contributed by atoms with Gasteiger partial charge >= 0.3 is 0 Å². The van der Waals surface area contributed by atoms with Crippen molar-refractivity contribution < 1.29 is 0 Å². The van der Waals surface area contributed by atoms with Gasteiger partial charge in [-0.2, -0.15) is 0 Å². The lowest BCUT2D eigenvalue weighted by molar-refractivity contribution is 0.732. The molecule has 208 valence electrons. The lowest BCUT2D eigenvalue weighted by atomic mass is 9.86. The Morgan fingerprint density at radius 1 is 0.636 bits per heavy atom. The molecular formula is C40H27N3S. The van der Waals surface area contributed by atoms with Gasteiger partial charge in [0, 0.05) is 43.5 Å². The van der Waals surface area contributed by atoms with Crippen molar-refractivity contribution in [2.24, 2.45) is 0 Å². The molecule has 4 heteroatoms. The van der Waals surface area contributed by atoms with Crippen molar-refractivity contribution in [2.45, 2.75) is 12.0 Å². The fourth-order valence-electron chi connectivity index (χ4n) is 6.82. The Bertz CT molecular complexity index is 2250. The quantitative estimate of drug-likeness (QED) is 0.207. The summed E-state index contributed by atoms with van der Waals surface area (Å²) in [4.78, 5) is 12.2. The molecule has 0 amide bonds. The van der Waals surface area contributed by atoms with Crippen LogP contribution in [0, 0.1) is 0 Å². The topological polar surface area (TPSA) is 29.0 Å². The first-order valence-corrected chi connectivity index (χ1v) is 15.8. The number of aromatic nitrogens is 2. The molecule has 0 fully saturated rings. The van der Waals surface area contributed by atoms with Crippen molar-refractivity contribution in [1.29, 1.82) is 0 Å². The second-order valence-electron chi connectivity index (χ2n) is 11.4. The van der Waals surface area contributed by atoms with E-state index in [4.69, 9.17) is 9.97 Å². The van der Waals surface area contributed by atoms with Gasteiger partial charge in [0.15, 0.2) is 0 Å². The number of hydrogen-bond acceptors (Lipinski definition) is 4. The summed E-state index contributed by atoms with van der Waals surface area (Å²) in [6, 6.07) is 45.4. The minimum atomic E-state index is 0.105. The van der Waals surface area contributed by atoms with Crippen molar-refractivity contribution >= 4 is 48.7 Å². The number of benzene rings is 5. The van der Waals surface area contributed by atoms with Gasteiger partial charge in [-0.05, 0) is 46.0 Å². The molecule has 9 rings (SSSR count). The summed E-state index contributed by atoms with van der Waals surface area (Å²) >= 11 is 1.88. The third-order valence-electron chi connectivity index (χ3n) is 8.91. The molecule has 0 bridgehead atoms. The Kier molecular flexibility index (Phi) is 5.81. The molecule has 1 aliphatic carbocycles. The fourth-order valence-corrected chi connectivity index (χ4v) is 8.06. The maximum atomic E-state index is 5.12. The highest BCUT2D eigenvalue weighted by atomic mass is 32.1. The van der Waals surface area contributed by atoms with Crippen LogP contribution in [0.5, 0.6) is 0 Å². The molecule has 1 aliphatic heterocycles. The zero-order chi connectivity index (χ0) is 29.0. The molecule has 5 aromatic carbocycles. The van der Waals surface area contributed by atoms with Crippen LogP contribution in [0.2, 0.25) is 0 Å². The van der Waals surface area contributed by atoms with E-state index in [1.54, 1.807) is 0 Å². The monoisotopic (exact) mass is 581 g/mol. The van der Waals surface area contributed by atoms with Crippen LogP contribution in [0.1, 0.15) is 17.0 Å². The molecular weight excluding hydrogens is 555 g/mol. The van der Waals surface area contributed by atoms with E-state index in [9.17, 15) is 0 Å². The van der Waals surface area contributed by atoms with Crippen molar-refractivity contribution in [3.8, 4) is 22.4 Å². The molecule has 0 spiro atoms. The lowest BCUT2D eigenvalue weighted by Crippen LogP contribution is -2.30. The summed E-state index contributed by atoms with van der Waals surface area (Å²) < 4.78 is 2.68. The van der Waals surface area contributed by atoms with E-state index in [0.717, 1.165) is 17.2 Å². The van der Waals surface area contributed by atoms with Crippen LogP contribution in [0.25, 0.3) is 48.1 Å². The van der Waals surface area contributed by atoms with E-state index in [0.29, 0.717) is 0 Å². The van der Waals surface area contributed by atoms with E-state index in [1.165, 1.54) is 53.7 Å². The van der Waals surface area contributed by atoms with Crippen LogP contribution in [0.4, 0.5) is 11.6 Å². The van der Waals surface area contributed by atoms with E-state index < -0.39 is 0 Å². The molecule has 3 nitrogen and oxygen atoms in total. The van der Waals surface area contributed by atoms with Crippen LogP contribution in [-0.2, 0) is 0 Å². The Hall–Kier alpha value is -5.32. The third kappa shape index (κ3) is 4.03. The van der Waals surface area contributed by atoms with Gasteiger partial charge in [-0.3, -0.25) is 0 Å². The van der Waals surface area contributed by atoms with Gasteiger partial charge in [-0.25, -0.2) is 9.97 Å². The molecule has 2 atom stereocenters. The van der Waals surface area contributed by atoms with Crippen LogP contribution in [-0.4, -0.2) is 16.0 Å². The molecule has 44 heavy (non-hydrogen) atoms. The van der Waals surface area contributed by atoms with Crippen LogP contribution >= 0.6 is 11.3 Å². The number of nitrogens with zero attached hydrogens (tertiary/aromatic N) is 3. The SMILES string of the molecule is C1=CC2C(C=C1c1cccc3c1sc1ccccc13)c1ccccc1N2c1nccc(-c2ccc(-c3ccccc3)cc2)n1. The Balaban J connectivity index is 1.09. The molecule has 2 aromatic heterocycles. The number of anilines is 2. The molecule has 3 heterocycles. The van der Waals surface area contributed by atoms with Crippen molar-refractivity contribution in [3.05, 3.63) is 163 Å². The number of fused-ring (bicyclic) bond motifs is 6. The molecule has 0 N–H and O–H groups in total. The predicted octanol–water partition coefficient (Wildman–Crippen LogP) is 10.4. The number of allylic oxidation sites excluding steroid dienone is 2. The highest BCUT2D eigenvalue weighted by Crippen LogP contribution is 2.49. The second-order valence-corrected chi connectivity index (χ2v) is 12.4. The summed E-state index contributed by atoms with van der Waals surface area (Å²) in [7, 11) is 0. The van der Waals surface area contributed by atoms with Crippen LogP contribution < -0.4 is 4.90 Å². The van der Waals surface area contributed by atoms with E-state index in [1.807, 2.05) is 29.7 Å². The average Bonchev–Trinajstić information content (AvgIpc) is 3.64. The molecule has 0 radical (unpaired) electrons. The third-order valence-corrected chi connectivity index (χ3v) is 10.1. The Labute approximate surface area is 260 Å². The lowest BCUT2D eigenvalue weighted by Gasteiger charge is -2.28. The highest BCUT2D eigenvalue weighted by Gasteiger charge is 2.39. The van der Waals surface area contributed by atoms with Gasteiger partial charge in [-0.1, -0.05) is 127 Å². The zero-order valence-corrected chi connectivity index (χ0v) is 24.7. The molecule has 0 saturated heterocycles. The Morgan fingerprint density at radius 3 is 2.30 bits per heavy atom. The number of rotatable bonds is 4. The van der Waals surface area contributed by atoms with Crippen molar-refractivity contribution in [1.82, 2.24) is 9.97 Å². The van der Waals surface area contributed by atoms with Gasteiger partial charge in [0.05, 0.1) is 11.7 Å². The highest BCUT2D eigenvalue weighted by molar-refractivity contribution is 7.26. The van der Waals surface area contributed by atoms with Gasteiger partial charge < -0.3 is 4.90 Å². The van der Waals surface area contributed by atoms with Gasteiger partial charge in [0.2, 0.25) is 5.95 Å². The maximum absolute atomic E-state index is 5.12. The van der Waals surface area contributed by atoms with Crippen LogP contribution in [0.15, 0.2) is 152 Å². The van der Waals surface area contributed by atoms with E-state index in [2.05, 4.69) is 138 Å². The molecule has 0 saturated carbocycles. The Morgan fingerprint density at radius 2 is 1.39 bits per heavy atom. The van der Waals surface area contributed by atoms with Gasteiger partial charge in [0.1, 0.15) is 0 Å². The van der Waals surface area contributed by atoms with Crippen molar-refractivity contribution in [3.63, 3.8) is 0 Å². The average molecular weight is 582 g/mol. The summed E-state index contributed by atoms with van der Waals surface area (Å²) in [5.74, 6) is 0.927. The predicted molar refractivity (Wildman–Crippen MR) is 184 cm³/mol. The van der Waals surface area contributed by atoms with Gasteiger partial charge in [-0.15, -0.1) is 11.3 Å². The molecule has 7 aromatic rings. The first-order chi connectivity index (χ1) is 21.8. The number of hydrogen-bond donors (Lipinski definition) is 0. The number of thiophene rings is 1.